The van der Waals surface area contributed by atoms with Crippen molar-refractivity contribution in [3.8, 4) is 0 Å². The molecule has 0 aliphatic carbocycles. The molecule has 0 saturated heterocycles. The summed E-state index contributed by atoms with van der Waals surface area (Å²) in [6.45, 7) is -0.475. The molecular weight excluding hydrogens is 264 g/mol. The second-order valence-electron chi connectivity index (χ2n) is 3.83. The Morgan fingerprint density at radius 2 is 1.63 bits per heavy atom. The van der Waals surface area contributed by atoms with E-state index in [9.17, 15) is 24.3 Å². The number of carboxylic acid groups (broad SMARTS) is 3. The van der Waals surface area contributed by atoms with Crippen LogP contribution in [-0.4, -0.2) is 62.4 Å². The topological polar surface area (TPSA) is 187 Å². The third kappa shape index (κ3) is 5.79. The van der Waals surface area contributed by atoms with Crippen LogP contribution in [0.2, 0.25) is 0 Å². The number of nitrogens with two attached hydrogens (primary N) is 1. The summed E-state index contributed by atoms with van der Waals surface area (Å²) < 4.78 is 0. The lowest BCUT2D eigenvalue weighted by Gasteiger charge is -2.20. The highest BCUT2D eigenvalue weighted by Crippen LogP contribution is 2.15. The van der Waals surface area contributed by atoms with Crippen molar-refractivity contribution in [2.45, 2.75) is 24.5 Å². The molecule has 0 spiro atoms. The summed E-state index contributed by atoms with van der Waals surface area (Å²) in [4.78, 5) is 42.8. The first-order valence-electron chi connectivity index (χ1n) is 5.01. The van der Waals surface area contributed by atoms with Crippen LogP contribution in [0.3, 0.4) is 0 Å². The number of hydrogen-bond acceptors (Lipinski definition) is 6. The van der Waals surface area contributed by atoms with Gasteiger partial charge in [-0.05, 0) is 0 Å². The third-order valence-electron chi connectivity index (χ3n) is 2.13. The predicted molar refractivity (Wildman–Crippen MR) is 58.1 cm³/mol. The van der Waals surface area contributed by atoms with Gasteiger partial charge in [0.2, 0.25) is 5.91 Å². The molecule has 0 unspecified atom stereocenters. The van der Waals surface area contributed by atoms with E-state index in [4.69, 9.17) is 21.1 Å². The Balaban J connectivity index is 4.53. The first-order chi connectivity index (χ1) is 8.58. The van der Waals surface area contributed by atoms with Gasteiger partial charge in [0.05, 0.1) is 12.8 Å². The molecule has 10 nitrogen and oxygen atoms in total. The Hall–Kier alpha value is -2.20. The number of carbonyl (C=O) groups excluding carboxylic acids is 1. The number of carbonyl (C=O) groups is 4. The van der Waals surface area contributed by atoms with Crippen molar-refractivity contribution in [2.24, 2.45) is 5.73 Å². The standard InChI is InChI=1S/C9H14N2O8/c10-4(7(15)16)3-11-5(12)1-9(19,8(17)18)2-6(13)14/h4,19H,1-3,10H2,(H,11,12)(H,13,14)(H,15,16)(H,17,18)/t4-,9-/m0/s1. The van der Waals surface area contributed by atoms with Crippen LogP contribution in [0.15, 0.2) is 0 Å². The molecule has 7 N–H and O–H groups in total. The molecule has 0 rings (SSSR count). The van der Waals surface area contributed by atoms with Crippen LogP contribution in [-0.2, 0) is 19.2 Å². The first-order valence-corrected chi connectivity index (χ1v) is 5.01. The van der Waals surface area contributed by atoms with E-state index < -0.39 is 54.8 Å². The molecule has 0 aromatic rings. The second kappa shape index (κ2) is 6.66. The Morgan fingerprint density at radius 3 is 2.00 bits per heavy atom. The van der Waals surface area contributed by atoms with Crippen molar-refractivity contribution < 1.29 is 39.6 Å². The van der Waals surface area contributed by atoms with E-state index in [1.807, 2.05) is 5.32 Å². The molecule has 0 aliphatic heterocycles. The molecule has 2 atom stereocenters. The van der Waals surface area contributed by atoms with Crippen LogP contribution >= 0.6 is 0 Å². The van der Waals surface area contributed by atoms with Crippen LogP contribution in [0.25, 0.3) is 0 Å². The quantitative estimate of drug-likeness (QED) is 0.272. The van der Waals surface area contributed by atoms with E-state index in [1.54, 1.807) is 0 Å². The summed E-state index contributed by atoms with van der Waals surface area (Å²) >= 11 is 0. The smallest absolute Gasteiger partial charge is 0.336 e. The molecule has 0 saturated carbocycles. The fourth-order valence-corrected chi connectivity index (χ4v) is 1.10. The fraction of sp³-hybridized carbons (Fsp3) is 0.556. The summed E-state index contributed by atoms with van der Waals surface area (Å²) in [7, 11) is 0. The normalized spacial score (nSPS) is 15.1. The Morgan fingerprint density at radius 1 is 1.11 bits per heavy atom. The maximum Gasteiger partial charge on any atom is 0.336 e. The SMILES string of the molecule is N[C@@H](CNC(=O)C[C@](O)(CC(=O)O)C(=O)O)C(=O)O. The number of hydrogen-bond donors (Lipinski definition) is 6. The van der Waals surface area contributed by atoms with E-state index in [0.717, 1.165) is 0 Å². The van der Waals surface area contributed by atoms with Crippen LogP contribution in [0, 0.1) is 0 Å². The van der Waals surface area contributed by atoms with Gasteiger partial charge < -0.3 is 31.5 Å². The number of aliphatic carboxylic acids is 3. The van der Waals surface area contributed by atoms with Gasteiger partial charge in [-0.25, -0.2) is 4.79 Å². The van der Waals surface area contributed by atoms with Gasteiger partial charge in [-0.2, -0.15) is 0 Å². The van der Waals surface area contributed by atoms with Crippen molar-refractivity contribution in [1.82, 2.24) is 5.32 Å². The van der Waals surface area contributed by atoms with Crippen molar-refractivity contribution in [3.63, 3.8) is 0 Å². The van der Waals surface area contributed by atoms with E-state index in [-0.39, 0.29) is 0 Å². The molecule has 0 aliphatic rings. The molecule has 19 heavy (non-hydrogen) atoms. The van der Waals surface area contributed by atoms with Crippen molar-refractivity contribution in [3.05, 3.63) is 0 Å². The van der Waals surface area contributed by atoms with E-state index in [2.05, 4.69) is 0 Å². The van der Waals surface area contributed by atoms with E-state index >= 15 is 0 Å². The third-order valence-corrected chi connectivity index (χ3v) is 2.13. The zero-order valence-electron chi connectivity index (χ0n) is 9.70. The summed E-state index contributed by atoms with van der Waals surface area (Å²) in [5.41, 5.74) is 2.32. The minimum atomic E-state index is -2.76. The average molecular weight is 278 g/mol. The molecule has 0 radical (unpaired) electrons. The number of aliphatic hydroxyl groups is 1. The zero-order chi connectivity index (χ0) is 15.2. The molecule has 0 heterocycles. The molecule has 10 heteroatoms. The predicted octanol–water partition coefficient (Wildman–Crippen LogP) is -2.80. The highest BCUT2D eigenvalue weighted by atomic mass is 16.4. The molecular formula is C9H14N2O8. The van der Waals surface area contributed by atoms with Gasteiger partial charge in [-0.1, -0.05) is 0 Å². The van der Waals surface area contributed by atoms with Gasteiger partial charge in [-0.3, -0.25) is 14.4 Å². The lowest BCUT2D eigenvalue weighted by atomic mass is 9.95. The molecule has 0 bridgehead atoms. The van der Waals surface area contributed by atoms with Crippen LogP contribution in [0.5, 0.6) is 0 Å². The number of carboxylic acids is 3. The van der Waals surface area contributed by atoms with Gasteiger partial charge in [-0.15, -0.1) is 0 Å². The van der Waals surface area contributed by atoms with Crippen molar-refractivity contribution >= 4 is 23.8 Å². The second-order valence-corrected chi connectivity index (χ2v) is 3.83. The van der Waals surface area contributed by atoms with Crippen LogP contribution in [0.4, 0.5) is 0 Å². The van der Waals surface area contributed by atoms with E-state index in [1.165, 1.54) is 0 Å². The number of rotatable bonds is 8. The van der Waals surface area contributed by atoms with E-state index in [0.29, 0.717) is 0 Å². The lowest BCUT2D eigenvalue weighted by Crippen LogP contribution is -2.48. The summed E-state index contributed by atoms with van der Waals surface area (Å²) in [5.74, 6) is -5.87. The monoisotopic (exact) mass is 278 g/mol. The minimum absolute atomic E-state index is 0.475. The molecule has 1 amide bonds. The Bertz CT molecular complexity index is 396. The molecule has 0 aromatic heterocycles. The highest BCUT2D eigenvalue weighted by molar-refractivity contribution is 5.90. The van der Waals surface area contributed by atoms with Gasteiger partial charge in [0.25, 0.3) is 0 Å². The average Bonchev–Trinajstić information content (AvgIpc) is 2.24. The maximum absolute atomic E-state index is 11.3. The van der Waals surface area contributed by atoms with Gasteiger partial charge in [0, 0.05) is 6.54 Å². The molecule has 0 aromatic carbocycles. The van der Waals surface area contributed by atoms with Gasteiger partial charge in [0.1, 0.15) is 6.04 Å². The molecule has 0 fully saturated rings. The zero-order valence-corrected chi connectivity index (χ0v) is 9.70. The lowest BCUT2D eigenvalue weighted by molar-refractivity contribution is -0.167. The van der Waals surface area contributed by atoms with Crippen LogP contribution in [0.1, 0.15) is 12.8 Å². The van der Waals surface area contributed by atoms with Crippen LogP contribution < -0.4 is 11.1 Å². The van der Waals surface area contributed by atoms with Gasteiger partial charge >= 0.3 is 17.9 Å². The Kier molecular flexibility index (Phi) is 5.89. The maximum atomic E-state index is 11.3. The summed E-state index contributed by atoms with van der Waals surface area (Å²) in [6, 6.07) is -1.39. The largest absolute Gasteiger partial charge is 0.481 e. The van der Waals surface area contributed by atoms with Crippen molar-refractivity contribution in [1.29, 1.82) is 0 Å². The van der Waals surface area contributed by atoms with Gasteiger partial charge in [0.15, 0.2) is 5.60 Å². The molecule has 108 valence electrons. The van der Waals surface area contributed by atoms with Crippen molar-refractivity contribution in [2.75, 3.05) is 6.54 Å². The first kappa shape index (κ1) is 16.8. The number of nitrogens with one attached hydrogen (secondary N) is 1. The fourth-order valence-electron chi connectivity index (χ4n) is 1.10. The Labute approximate surface area is 106 Å². The summed E-state index contributed by atoms with van der Waals surface area (Å²) in [6.07, 6.45) is -2.19. The minimum Gasteiger partial charge on any atom is -0.481 e. The summed E-state index contributed by atoms with van der Waals surface area (Å²) in [5, 5.41) is 37.1. The number of amides is 1. The highest BCUT2D eigenvalue weighted by Gasteiger charge is 2.40.